The maximum Gasteiger partial charge on any atom is 0.236 e. The van der Waals surface area contributed by atoms with E-state index in [0.717, 1.165) is 13.0 Å². The van der Waals surface area contributed by atoms with Crippen LogP contribution in [-0.4, -0.2) is 36.6 Å². The van der Waals surface area contributed by atoms with Crippen LogP contribution in [0.3, 0.4) is 0 Å². The van der Waals surface area contributed by atoms with Gasteiger partial charge in [0.15, 0.2) is 0 Å². The molecule has 21 heavy (non-hydrogen) atoms. The number of rotatable bonds is 14. The molecule has 1 amide bonds. The first kappa shape index (κ1) is 20.4. The van der Waals surface area contributed by atoms with Gasteiger partial charge in [-0.15, -0.1) is 0 Å². The summed E-state index contributed by atoms with van der Waals surface area (Å²) in [6.07, 6.45) is 15.3. The molecule has 0 heterocycles. The average Bonchev–Trinajstić information content (AvgIpc) is 2.45. The highest BCUT2D eigenvalue weighted by molar-refractivity contribution is 5.75. The summed E-state index contributed by atoms with van der Waals surface area (Å²) in [6.45, 7) is 5.06. The third-order valence-corrected chi connectivity index (χ3v) is 4.06. The first-order chi connectivity index (χ1) is 10.1. The summed E-state index contributed by atoms with van der Waals surface area (Å²) in [7, 11) is 3.86. The van der Waals surface area contributed by atoms with Crippen molar-refractivity contribution in [3.63, 3.8) is 0 Å². The minimum absolute atomic E-state index is 0.262. The Balaban J connectivity index is 3.34. The third kappa shape index (κ3) is 11.7. The topological polar surface area (TPSA) is 23.6 Å². The second-order valence-corrected chi connectivity index (χ2v) is 6.24. The number of hydrazine groups is 1. The van der Waals surface area contributed by atoms with Gasteiger partial charge in [0.05, 0.1) is 0 Å². The Morgan fingerprint density at radius 2 is 1.14 bits per heavy atom. The minimum atomic E-state index is 0.262. The van der Waals surface area contributed by atoms with Crippen LogP contribution < -0.4 is 0 Å². The van der Waals surface area contributed by atoms with E-state index in [9.17, 15) is 4.79 Å². The quantitative estimate of drug-likeness (QED) is 0.332. The summed E-state index contributed by atoms with van der Waals surface area (Å²) in [6, 6.07) is 0. The first-order valence-electron chi connectivity index (χ1n) is 9.11. The zero-order chi connectivity index (χ0) is 15.9. The van der Waals surface area contributed by atoms with Crippen LogP contribution in [0.15, 0.2) is 0 Å². The standard InChI is InChI=1S/C18H38N2O/c1-5-7-8-9-10-11-12-13-14-15-16-17-18(21)20(6-2)19(3)4/h5-17H2,1-4H3. The molecule has 0 aliphatic carbocycles. The molecule has 0 saturated heterocycles. The van der Waals surface area contributed by atoms with Crippen LogP contribution >= 0.6 is 0 Å². The largest absolute Gasteiger partial charge is 0.276 e. The molecular weight excluding hydrogens is 260 g/mol. The number of hydrogen-bond acceptors (Lipinski definition) is 2. The second-order valence-electron chi connectivity index (χ2n) is 6.24. The van der Waals surface area contributed by atoms with Crippen molar-refractivity contribution < 1.29 is 4.79 Å². The van der Waals surface area contributed by atoms with Gasteiger partial charge in [-0.25, -0.2) is 5.01 Å². The highest BCUT2D eigenvalue weighted by Gasteiger charge is 2.12. The molecule has 0 unspecified atom stereocenters. The molecule has 0 N–H and O–H groups in total. The smallest absolute Gasteiger partial charge is 0.236 e. The van der Waals surface area contributed by atoms with Crippen molar-refractivity contribution in [3.05, 3.63) is 0 Å². The lowest BCUT2D eigenvalue weighted by atomic mass is 10.1. The molecule has 0 radical (unpaired) electrons. The number of hydrogen-bond donors (Lipinski definition) is 0. The minimum Gasteiger partial charge on any atom is -0.276 e. The maximum atomic E-state index is 12.0. The van der Waals surface area contributed by atoms with E-state index in [-0.39, 0.29) is 5.91 Å². The van der Waals surface area contributed by atoms with Crippen LogP contribution in [0.5, 0.6) is 0 Å². The lowest BCUT2D eigenvalue weighted by molar-refractivity contribution is -0.144. The second kappa shape index (κ2) is 14.4. The monoisotopic (exact) mass is 298 g/mol. The Bertz CT molecular complexity index is 241. The fourth-order valence-corrected chi connectivity index (χ4v) is 2.75. The summed E-state index contributed by atoms with van der Waals surface area (Å²) in [4.78, 5) is 12.0. The van der Waals surface area contributed by atoms with Crippen molar-refractivity contribution >= 4 is 5.91 Å². The predicted octanol–water partition coefficient (Wildman–Crippen LogP) is 5.01. The van der Waals surface area contributed by atoms with Crippen LogP contribution in [-0.2, 0) is 4.79 Å². The normalized spacial score (nSPS) is 11.1. The summed E-state index contributed by atoms with van der Waals surface area (Å²) < 4.78 is 0. The molecule has 0 aromatic rings. The lowest BCUT2D eigenvalue weighted by Gasteiger charge is -2.27. The van der Waals surface area contributed by atoms with E-state index in [0.29, 0.717) is 6.42 Å². The van der Waals surface area contributed by atoms with Gasteiger partial charge in [-0.1, -0.05) is 71.1 Å². The van der Waals surface area contributed by atoms with Gasteiger partial charge in [0.1, 0.15) is 0 Å². The van der Waals surface area contributed by atoms with Crippen molar-refractivity contribution in [1.82, 2.24) is 10.0 Å². The van der Waals surface area contributed by atoms with Crippen molar-refractivity contribution in [2.24, 2.45) is 0 Å². The van der Waals surface area contributed by atoms with Crippen LogP contribution in [0, 0.1) is 0 Å². The van der Waals surface area contributed by atoms with Gasteiger partial charge >= 0.3 is 0 Å². The number of nitrogens with zero attached hydrogens (tertiary/aromatic N) is 2. The van der Waals surface area contributed by atoms with E-state index in [1.54, 1.807) is 0 Å². The van der Waals surface area contributed by atoms with Crippen LogP contribution in [0.25, 0.3) is 0 Å². The molecule has 0 fully saturated rings. The van der Waals surface area contributed by atoms with Crippen molar-refractivity contribution in [2.75, 3.05) is 20.6 Å². The van der Waals surface area contributed by atoms with Gasteiger partial charge < -0.3 is 0 Å². The highest BCUT2D eigenvalue weighted by atomic mass is 16.2. The predicted molar refractivity (Wildman–Crippen MR) is 92.2 cm³/mol. The first-order valence-corrected chi connectivity index (χ1v) is 9.11. The Hall–Kier alpha value is -0.570. The molecule has 126 valence electrons. The Labute approximate surface area is 133 Å². The molecule has 0 rings (SSSR count). The number of carbonyl (C=O) groups excluding carboxylic acids is 1. The van der Waals surface area contributed by atoms with Crippen molar-refractivity contribution in [2.45, 2.75) is 90.9 Å². The van der Waals surface area contributed by atoms with Crippen LogP contribution in [0.1, 0.15) is 90.9 Å². The molecule has 0 aliphatic heterocycles. The summed E-state index contributed by atoms with van der Waals surface area (Å²) in [5.41, 5.74) is 0. The molecular formula is C18H38N2O. The zero-order valence-corrected chi connectivity index (χ0v) is 15.0. The summed E-state index contributed by atoms with van der Waals surface area (Å²) in [5.74, 6) is 0.262. The highest BCUT2D eigenvalue weighted by Crippen LogP contribution is 2.12. The fraction of sp³-hybridized carbons (Fsp3) is 0.944. The number of carbonyl (C=O) groups is 1. The lowest BCUT2D eigenvalue weighted by Crippen LogP contribution is -2.41. The molecule has 0 aromatic carbocycles. The number of unbranched alkanes of at least 4 members (excludes halogenated alkanes) is 10. The van der Waals surface area contributed by atoms with Crippen LogP contribution in [0.4, 0.5) is 0 Å². The van der Waals surface area contributed by atoms with E-state index in [1.165, 1.54) is 64.2 Å². The Morgan fingerprint density at radius 3 is 1.52 bits per heavy atom. The van der Waals surface area contributed by atoms with E-state index in [1.807, 2.05) is 31.0 Å². The summed E-state index contributed by atoms with van der Waals surface area (Å²) in [5, 5.41) is 3.71. The van der Waals surface area contributed by atoms with Gasteiger partial charge in [-0.05, 0) is 13.3 Å². The SMILES string of the molecule is CCCCCCCCCCCCCC(=O)N(CC)N(C)C. The fourth-order valence-electron chi connectivity index (χ4n) is 2.75. The molecule has 0 spiro atoms. The summed E-state index contributed by atoms with van der Waals surface area (Å²) >= 11 is 0. The Morgan fingerprint density at radius 1 is 0.714 bits per heavy atom. The third-order valence-electron chi connectivity index (χ3n) is 4.06. The molecule has 0 bridgehead atoms. The van der Waals surface area contributed by atoms with E-state index in [4.69, 9.17) is 0 Å². The van der Waals surface area contributed by atoms with Crippen molar-refractivity contribution in [1.29, 1.82) is 0 Å². The molecule has 0 aliphatic rings. The zero-order valence-electron chi connectivity index (χ0n) is 15.0. The van der Waals surface area contributed by atoms with Gasteiger partial charge in [-0.3, -0.25) is 9.80 Å². The van der Waals surface area contributed by atoms with E-state index >= 15 is 0 Å². The molecule has 3 heteroatoms. The number of amides is 1. The molecule has 0 aromatic heterocycles. The van der Waals surface area contributed by atoms with Crippen LogP contribution in [0.2, 0.25) is 0 Å². The van der Waals surface area contributed by atoms with E-state index in [2.05, 4.69) is 6.92 Å². The van der Waals surface area contributed by atoms with Gasteiger partial charge in [0.2, 0.25) is 5.91 Å². The molecule has 0 saturated carbocycles. The van der Waals surface area contributed by atoms with Gasteiger partial charge in [0, 0.05) is 27.1 Å². The Kier molecular flexibility index (Phi) is 14.0. The maximum absolute atomic E-state index is 12.0. The molecule has 3 nitrogen and oxygen atoms in total. The van der Waals surface area contributed by atoms with Crippen molar-refractivity contribution in [3.8, 4) is 0 Å². The van der Waals surface area contributed by atoms with Gasteiger partial charge in [-0.2, -0.15) is 0 Å². The van der Waals surface area contributed by atoms with E-state index < -0.39 is 0 Å². The van der Waals surface area contributed by atoms with Gasteiger partial charge in [0.25, 0.3) is 0 Å². The molecule has 0 atom stereocenters. The average molecular weight is 299 g/mol.